The molecule has 21 heavy (non-hydrogen) atoms. The SMILES string of the molecule is CCCCCCCCCCSC1C=C(C)CCC1C(C)C. The smallest absolute Gasteiger partial charge is 0.0260 e. The third-order valence-electron chi connectivity index (χ3n) is 4.91. The highest BCUT2D eigenvalue weighted by Crippen LogP contribution is 2.36. The van der Waals surface area contributed by atoms with E-state index in [1.54, 1.807) is 5.57 Å². The van der Waals surface area contributed by atoms with Crippen LogP contribution in [0.25, 0.3) is 0 Å². The number of unbranched alkanes of at least 4 members (excludes halogenated alkanes) is 7. The summed E-state index contributed by atoms with van der Waals surface area (Å²) in [4.78, 5) is 0. The Hall–Kier alpha value is 0.0900. The van der Waals surface area contributed by atoms with Gasteiger partial charge >= 0.3 is 0 Å². The largest absolute Gasteiger partial charge is 0.154 e. The summed E-state index contributed by atoms with van der Waals surface area (Å²) in [6, 6.07) is 0. The second kappa shape index (κ2) is 11.6. The van der Waals surface area contributed by atoms with Gasteiger partial charge in [-0.25, -0.2) is 0 Å². The summed E-state index contributed by atoms with van der Waals surface area (Å²) in [7, 11) is 0. The minimum atomic E-state index is 0.795. The zero-order valence-corrected chi connectivity index (χ0v) is 15.8. The van der Waals surface area contributed by atoms with E-state index in [-0.39, 0.29) is 0 Å². The van der Waals surface area contributed by atoms with Crippen LogP contribution in [0.3, 0.4) is 0 Å². The average Bonchev–Trinajstić information content (AvgIpc) is 2.45. The van der Waals surface area contributed by atoms with Gasteiger partial charge in [-0.2, -0.15) is 11.8 Å². The van der Waals surface area contributed by atoms with Gasteiger partial charge in [0.1, 0.15) is 0 Å². The van der Waals surface area contributed by atoms with Crippen LogP contribution < -0.4 is 0 Å². The molecule has 2 atom stereocenters. The Morgan fingerprint density at radius 3 is 2.29 bits per heavy atom. The van der Waals surface area contributed by atoms with Crippen molar-refractivity contribution in [3.05, 3.63) is 11.6 Å². The van der Waals surface area contributed by atoms with Crippen LogP contribution in [0.5, 0.6) is 0 Å². The first kappa shape index (κ1) is 19.1. The molecule has 1 heteroatoms. The van der Waals surface area contributed by atoms with Gasteiger partial charge in [-0.05, 0) is 43.8 Å². The van der Waals surface area contributed by atoms with Crippen molar-refractivity contribution in [2.45, 2.75) is 97.2 Å². The molecule has 0 bridgehead atoms. The van der Waals surface area contributed by atoms with E-state index in [1.165, 1.54) is 70.0 Å². The van der Waals surface area contributed by atoms with E-state index < -0.39 is 0 Å². The standard InChI is InChI=1S/C20H38S/c1-5-6-7-8-9-10-11-12-15-21-20-16-18(4)13-14-19(20)17(2)3/h16-17,19-20H,5-15H2,1-4H3. The van der Waals surface area contributed by atoms with E-state index in [2.05, 4.69) is 45.5 Å². The van der Waals surface area contributed by atoms with Gasteiger partial charge in [0.2, 0.25) is 0 Å². The second-order valence-corrected chi connectivity index (χ2v) is 8.56. The van der Waals surface area contributed by atoms with E-state index in [1.807, 2.05) is 0 Å². The van der Waals surface area contributed by atoms with Crippen molar-refractivity contribution in [3.63, 3.8) is 0 Å². The molecule has 0 heterocycles. The first-order valence-electron chi connectivity index (χ1n) is 9.44. The van der Waals surface area contributed by atoms with E-state index in [4.69, 9.17) is 0 Å². The van der Waals surface area contributed by atoms with Crippen molar-refractivity contribution in [2.24, 2.45) is 11.8 Å². The molecule has 0 aliphatic heterocycles. The molecular formula is C20H38S. The molecule has 124 valence electrons. The van der Waals surface area contributed by atoms with Gasteiger partial charge in [-0.15, -0.1) is 0 Å². The summed E-state index contributed by atoms with van der Waals surface area (Å²) in [6.07, 6.45) is 16.8. The predicted octanol–water partition coefficient (Wildman–Crippen LogP) is 7.24. The molecule has 1 rings (SSSR count). The molecule has 0 saturated carbocycles. The maximum absolute atomic E-state index is 2.57. The lowest BCUT2D eigenvalue weighted by molar-refractivity contribution is 0.358. The normalized spacial score (nSPS) is 22.6. The van der Waals surface area contributed by atoms with Crippen LogP contribution >= 0.6 is 11.8 Å². The summed E-state index contributed by atoms with van der Waals surface area (Å²) >= 11 is 2.23. The van der Waals surface area contributed by atoms with E-state index in [0.29, 0.717) is 0 Å². The number of allylic oxidation sites excluding steroid dienone is 1. The van der Waals surface area contributed by atoms with Gasteiger partial charge in [-0.1, -0.05) is 77.4 Å². The van der Waals surface area contributed by atoms with Gasteiger partial charge in [0, 0.05) is 5.25 Å². The monoisotopic (exact) mass is 310 g/mol. The average molecular weight is 311 g/mol. The highest BCUT2D eigenvalue weighted by molar-refractivity contribution is 8.00. The maximum Gasteiger partial charge on any atom is 0.0260 e. The van der Waals surface area contributed by atoms with E-state index >= 15 is 0 Å². The van der Waals surface area contributed by atoms with Crippen LogP contribution in [0, 0.1) is 11.8 Å². The van der Waals surface area contributed by atoms with Gasteiger partial charge in [0.15, 0.2) is 0 Å². The minimum Gasteiger partial charge on any atom is -0.154 e. The zero-order valence-electron chi connectivity index (χ0n) is 15.0. The topological polar surface area (TPSA) is 0 Å². The van der Waals surface area contributed by atoms with Crippen molar-refractivity contribution >= 4 is 11.8 Å². The van der Waals surface area contributed by atoms with Crippen molar-refractivity contribution in [2.75, 3.05) is 5.75 Å². The van der Waals surface area contributed by atoms with Gasteiger partial charge in [0.25, 0.3) is 0 Å². The highest BCUT2D eigenvalue weighted by atomic mass is 32.2. The zero-order chi connectivity index (χ0) is 15.5. The molecule has 0 aromatic heterocycles. The van der Waals surface area contributed by atoms with E-state index in [0.717, 1.165) is 17.1 Å². The van der Waals surface area contributed by atoms with Crippen molar-refractivity contribution < 1.29 is 0 Å². The Bertz CT molecular complexity index is 280. The molecule has 0 aromatic carbocycles. The van der Waals surface area contributed by atoms with Crippen LogP contribution in [0.1, 0.15) is 91.9 Å². The Morgan fingerprint density at radius 2 is 1.67 bits per heavy atom. The molecular weight excluding hydrogens is 272 g/mol. The number of rotatable bonds is 11. The molecule has 1 aliphatic carbocycles. The summed E-state index contributed by atoms with van der Waals surface area (Å²) < 4.78 is 0. The lowest BCUT2D eigenvalue weighted by Crippen LogP contribution is -2.24. The van der Waals surface area contributed by atoms with Crippen LogP contribution in [-0.2, 0) is 0 Å². The molecule has 1 aliphatic rings. The van der Waals surface area contributed by atoms with Crippen LogP contribution in [-0.4, -0.2) is 11.0 Å². The van der Waals surface area contributed by atoms with Gasteiger partial charge in [0.05, 0.1) is 0 Å². The first-order valence-corrected chi connectivity index (χ1v) is 10.5. The van der Waals surface area contributed by atoms with E-state index in [9.17, 15) is 0 Å². The molecule has 0 fully saturated rings. The van der Waals surface area contributed by atoms with Crippen molar-refractivity contribution in [3.8, 4) is 0 Å². The van der Waals surface area contributed by atoms with Crippen molar-refractivity contribution in [1.82, 2.24) is 0 Å². The molecule has 0 aromatic rings. The Balaban J connectivity index is 2.09. The number of hydrogen-bond donors (Lipinski definition) is 0. The lowest BCUT2D eigenvalue weighted by Gasteiger charge is -2.32. The van der Waals surface area contributed by atoms with Crippen LogP contribution in [0.2, 0.25) is 0 Å². The molecule has 0 saturated heterocycles. The molecule has 2 unspecified atom stereocenters. The third-order valence-corrected chi connectivity index (χ3v) is 6.30. The van der Waals surface area contributed by atoms with Crippen LogP contribution in [0.4, 0.5) is 0 Å². The molecule has 0 radical (unpaired) electrons. The Kier molecular flexibility index (Phi) is 10.6. The molecule has 0 spiro atoms. The summed E-state index contributed by atoms with van der Waals surface area (Å²) in [5.74, 6) is 3.12. The number of thioether (sulfide) groups is 1. The fraction of sp³-hybridized carbons (Fsp3) is 0.900. The molecule has 0 N–H and O–H groups in total. The third kappa shape index (κ3) is 8.33. The Morgan fingerprint density at radius 1 is 1.05 bits per heavy atom. The number of hydrogen-bond acceptors (Lipinski definition) is 1. The molecule has 0 nitrogen and oxygen atoms in total. The summed E-state index contributed by atoms with van der Waals surface area (Å²) in [5.41, 5.74) is 1.63. The fourth-order valence-corrected chi connectivity index (χ4v) is 5.05. The maximum atomic E-state index is 2.57. The first-order chi connectivity index (χ1) is 10.1. The predicted molar refractivity (Wildman–Crippen MR) is 100 cm³/mol. The van der Waals surface area contributed by atoms with Crippen LogP contribution in [0.15, 0.2) is 11.6 Å². The Labute approximate surface area is 138 Å². The quantitative estimate of drug-likeness (QED) is 0.286. The van der Waals surface area contributed by atoms with Gasteiger partial charge in [-0.3, -0.25) is 0 Å². The van der Waals surface area contributed by atoms with Gasteiger partial charge < -0.3 is 0 Å². The molecule has 0 amide bonds. The summed E-state index contributed by atoms with van der Waals surface area (Å²) in [6.45, 7) is 9.43. The minimum absolute atomic E-state index is 0.795. The second-order valence-electron chi connectivity index (χ2n) is 7.27. The fourth-order valence-electron chi connectivity index (χ4n) is 3.39. The highest BCUT2D eigenvalue weighted by Gasteiger charge is 2.26. The summed E-state index contributed by atoms with van der Waals surface area (Å²) in [5, 5.41) is 0.795. The van der Waals surface area contributed by atoms with Crippen molar-refractivity contribution in [1.29, 1.82) is 0 Å². The lowest BCUT2D eigenvalue weighted by atomic mass is 9.82.